The molecule has 0 heterocycles. The number of para-hydroxylation sites is 1. The Hall–Kier alpha value is -3.06. The van der Waals surface area contributed by atoms with Crippen LogP contribution in [0.2, 0.25) is 0 Å². The van der Waals surface area contributed by atoms with Crippen molar-refractivity contribution >= 4 is 5.97 Å². The predicted octanol–water partition coefficient (Wildman–Crippen LogP) is 5.44. The molecule has 1 fully saturated rings. The minimum Gasteiger partial charge on any atom is -0.457 e. The van der Waals surface area contributed by atoms with E-state index in [0.29, 0.717) is 17.1 Å². The van der Waals surface area contributed by atoms with Gasteiger partial charge in [0, 0.05) is 5.56 Å². The van der Waals surface area contributed by atoms with Crippen molar-refractivity contribution in [1.29, 1.82) is 5.26 Å². The van der Waals surface area contributed by atoms with Crippen LogP contribution in [-0.2, 0) is 9.53 Å². The van der Waals surface area contributed by atoms with E-state index in [1.165, 1.54) is 0 Å². The quantitative estimate of drug-likeness (QED) is 0.508. The zero-order valence-electron chi connectivity index (χ0n) is 15.8. The van der Waals surface area contributed by atoms with Gasteiger partial charge in [0.2, 0.25) is 6.10 Å². The molecule has 1 aliphatic rings. The average molecular weight is 361 g/mol. The largest absolute Gasteiger partial charge is 0.457 e. The zero-order valence-corrected chi connectivity index (χ0v) is 15.8. The predicted molar refractivity (Wildman–Crippen MR) is 103 cm³/mol. The van der Waals surface area contributed by atoms with Crippen LogP contribution in [0.4, 0.5) is 0 Å². The summed E-state index contributed by atoms with van der Waals surface area (Å²) in [5.74, 6) is 0.905. The third-order valence-corrected chi connectivity index (χ3v) is 5.06. The number of carbonyl (C=O) groups is 1. The molecule has 27 heavy (non-hydrogen) atoms. The van der Waals surface area contributed by atoms with E-state index in [1.807, 2.05) is 63.3 Å². The molecule has 2 aromatic carbocycles. The van der Waals surface area contributed by atoms with Crippen molar-refractivity contribution in [3.8, 4) is 17.6 Å². The van der Waals surface area contributed by atoms with Crippen molar-refractivity contribution in [3.05, 3.63) is 72.3 Å². The number of allylic oxidation sites excluding steroid dienone is 2. The second-order valence-electron chi connectivity index (χ2n) is 7.28. The molecular formula is C23H23NO3. The lowest BCUT2D eigenvalue weighted by Gasteiger charge is -2.13. The molecule has 0 radical (unpaired) electrons. The van der Waals surface area contributed by atoms with Gasteiger partial charge in [0.05, 0.1) is 5.92 Å². The van der Waals surface area contributed by atoms with E-state index in [9.17, 15) is 10.1 Å². The molecule has 4 nitrogen and oxygen atoms in total. The van der Waals surface area contributed by atoms with Crippen LogP contribution < -0.4 is 4.74 Å². The van der Waals surface area contributed by atoms with Gasteiger partial charge in [-0.25, -0.2) is 0 Å². The van der Waals surface area contributed by atoms with Crippen molar-refractivity contribution in [2.24, 2.45) is 17.3 Å². The van der Waals surface area contributed by atoms with Gasteiger partial charge in [0.25, 0.3) is 0 Å². The average Bonchev–Trinajstić information content (AvgIpc) is 3.21. The van der Waals surface area contributed by atoms with E-state index in [1.54, 1.807) is 24.3 Å². The van der Waals surface area contributed by atoms with Gasteiger partial charge >= 0.3 is 5.97 Å². The maximum Gasteiger partial charge on any atom is 0.311 e. The van der Waals surface area contributed by atoms with Gasteiger partial charge in [-0.05, 0) is 42.5 Å². The standard InChI is InChI=1S/C23H23NO3/c1-4-9-19-21(23(19,2)3)22(25)27-20(15-24)16-10-8-13-18(14-16)26-17-11-6-5-7-12-17/h4-14,19-21H,1-3H3. The third-order valence-electron chi connectivity index (χ3n) is 5.06. The summed E-state index contributed by atoms with van der Waals surface area (Å²) >= 11 is 0. The van der Waals surface area contributed by atoms with Gasteiger partial charge in [0.1, 0.15) is 17.6 Å². The summed E-state index contributed by atoms with van der Waals surface area (Å²) in [5.41, 5.74) is 0.460. The number of esters is 1. The molecule has 0 bridgehead atoms. The molecule has 2 aromatic rings. The molecule has 4 heteroatoms. The summed E-state index contributed by atoms with van der Waals surface area (Å²) < 4.78 is 11.3. The van der Waals surface area contributed by atoms with Crippen LogP contribution in [0.3, 0.4) is 0 Å². The first-order chi connectivity index (χ1) is 13.0. The van der Waals surface area contributed by atoms with Crippen molar-refractivity contribution in [1.82, 2.24) is 0 Å². The topological polar surface area (TPSA) is 59.3 Å². The Bertz CT molecular complexity index is 880. The van der Waals surface area contributed by atoms with E-state index in [0.717, 1.165) is 0 Å². The fraction of sp³-hybridized carbons (Fsp3) is 0.304. The molecule has 1 aliphatic carbocycles. The summed E-state index contributed by atoms with van der Waals surface area (Å²) in [6, 6.07) is 18.6. The van der Waals surface area contributed by atoms with Gasteiger partial charge in [-0.1, -0.05) is 56.3 Å². The molecule has 0 N–H and O–H groups in total. The molecule has 3 unspecified atom stereocenters. The Balaban J connectivity index is 1.72. The fourth-order valence-corrected chi connectivity index (χ4v) is 3.42. The first kappa shape index (κ1) is 18.7. The van der Waals surface area contributed by atoms with Crippen molar-refractivity contribution in [2.45, 2.75) is 26.9 Å². The van der Waals surface area contributed by atoms with E-state index < -0.39 is 6.10 Å². The summed E-state index contributed by atoms with van der Waals surface area (Å²) in [6.45, 7) is 6.02. The molecule has 0 spiro atoms. The Morgan fingerprint density at radius 3 is 2.52 bits per heavy atom. The monoisotopic (exact) mass is 361 g/mol. The maximum atomic E-state index is 12.6. The number of rotatable bonds is 6. The van der Waals surface area contributed by atoms with Crippen molar-refractivity contribution in [2.75, 3.05) is 0 Å². The number of ether oxygens (including phenoxy) is 2. The summed E-state index contributed by atoms with van der Waals surface area (Å²) in [7, 11) is 0. The molecule has 3 atom stereocenters. The summed E-state index contributed by atoms with van der Waals surface area (Å²) in [4.78, 5) is 12.6. The number of benzene rings is 2. The smallest absolute Gasteiger partial charge is 0.311 e. The van der Waals surface area contributed by atoms with Crippen LogP contribution in [0.25, 0.3) is 0 Å². The Kier molecular flexibility index (Phi) is 5.32. The first-order valence-corrected chi connectivity index (χ1v) is 9.03. The normalized spacial score (nSPS) is 21.3. The Labute approximate surface area is 160 Å². The molecule has 1 saturated carbocycles. The molecular weight excluding hydrogens is 338 g/mol. The minimum absolute atomic E-state index is 0.137. The first-order valence-electron chi connectivity index (χ1n) is 9.03. The van der Waals surface area contributed by atoms with Gasteiger partial charge < -0.3 is 9.47 Å². The van der Waals surface area contributed by atoms with Gasteiger partial charge in [-0.2, -0.15) is 5.26 Å². The van der Waals surface area contributed by atoms with Crippen molar-refractivity contribution < 1.29 is 14.3 Å². The van der Waals surface area contributed by atoms with Gasteiger partial charge in [-0.15, -0.1) is 0 Å². The van der Waals surface area contributed by atoms with Gasteiger partial charge in [0.15, 0.2) is 0 Å². The summed E-state index contributed by atoms with van der Waals surface area (Å²) in [6.07, 6.45) is 3.02. The van der Waals surface area contributed by atoms with E-state index in [-0.39, 0.29) is 23.2 Å². The highest BCUT2D eigenvalue weighted by Crippen LogP contribution is 2.59. The lowest BCUT2D eigenvalue weighted by atomic mass is 10.1. The number of carbonyl (C=O) groups excluding carboxylic acids is 1. The number of hydrogen-bond acceptors (Lipinski definition) is 4. The molecule has 0 amide bonds. The van der Waals surface area contributed by atoms with E-state index in [2.05, 4.69) is 6.07 Å². The minimum atomic E-state index is -0.959. The van der Waals surface area contributed by atoms with Crippen LogP contribution in [0.1, 0.15) is 32.4 Å². The molecule has 0 aliphatic heterocycles. The van der Waals surface area contributed by atoms with Crippen LogP contribution in [0.15, 0.2) is 66.7 Å². The third kappa shape index (κ3) is 4.03. The van der Waals surface area contributed by atoms with Crippen LogP contribution in [-0.4, -0.2) is 5.97 Å². The molecule has 138 valence electrons. The van der Waals surface area contributed by atoms with E-state index >= 15 is 0 Å². The molecule has 0 saturated heterocycles. The highest BCUT2D eigenvalue weighted by atomic mass is 16.5. The summed E-state index contributed by atoms with van der Waals surface area (Å²) in [5, 5.41) is 9.53. The van der Waals surface area contributed by atoms with Gasteiger partial charge in [-0.3, -0.25) is 4.79 Å². The number of nitriles is 1. The fourth-order valence-electron chi connectivity index (χ4n) is 3.42. The Morgan fingerprint density at radius 2 is 1.85 bits per heavy atom. The lowest BCUT2D eigenvalue weighted by Crippen LogP contribution is -2.14. The van der Waals surface area contributed by atoms with Crippen LogP contribution in [0.5, 0.6) is 11.5 Å². The molecule has 0 aromatic heterocycles. The van der Waals surface area contributed by atoms with E-state index in [4.69, 9.17) is 9.47 Å². The number of hydrogen-bond donors (Lipinski definition) is 0. The highest BCUT2D eigenvalue weighted by Gasteiger charge is 2.61. The lowest BCUT2D eigenvalue weighted by molar-refractivity contribution is -0.149. The maximum absolute atomic E-state index is 12.6. The highest BCUT2D eigenvalue weighted by molar-refractivity contribution is 5.78. The van der Waals surface area contributed by atoms with Crippen LogP contribution >= 0.6 is 0 Å². The SMILES string of the molecule is CC=CC1C(C(=O)OC(C#N)c2cccc(Oc3ccccc3)c2)C1(C)C. The second kappa shape index (κ2) is 7.67. The van der Waals surface area contributed by atoms with Crippen molar-refractivity contribution in [3.63, 3.8) is 0 Å². The Morgan fingerprint density at radius 1 is 1.15 bits per heavy atom. The van der Waals surface area contributed by atoms with Crippen LogP contribution in [0, 0.1) is 28.6 Å². The number of nitrogens with zero attached hydrogens (tertiary/aromatic N) is 1. The molecule has 3 rings (SSSR count). The zero-order chi connectivity index (χ0) is 19.4. The second-order valence-corrected chi connectivity index (χ2v) is 7.28.